The maximum Gasteiger partial charge on any atom is 0.344 e. The molecule has 2 heterocycles. The van der Waals surface area contributed by atoms with Gasteiger partial charge in [0.25, 0.3) is 0 Å². The molecule has 0 saturated carbocycles. The van der Waals surface area contributed by atoms with Crippen LogP contribution in [-0.2, 0) is 4.74 Å². The Morgan fingerprint density at radius 3 is 2.29 bits per heavy atom. The highest BCUT2D eigenvalue weighted by Gasteiger charge is 2.45. The number of methoxy groups -OCH3 is 2. The lowest BCUT2D eigenvalue weighted by atomic mass is 9.86. The Bertz CT molecular complexity index is 1630. The smallest absolute Gasteiger partial charge is 0.344 e. The van der Waals surface area contributed by atoms with E-state index in [1.165, 1.54) is 20.3 Å². The van der Waals surface area contributed by atoms with Crippen LogP contribution in [0, 0.1) is 0 Å². The predicted octanol–water partition coefficient (Wildman–Crippen LogP) is 3.58. The van der Waals surface area contributed by atoms with Gasteiger partial charge in [0, 0.05) is 16.2 Å². The fourth-order valence-electron chi connectivity index (χ4n) is 5.62. The lowest BCUT2D eigenvalue weighted by Gasteiger charge is -2.45. The summed E-state index contributed by atoms with van der Waals surface area (Å²) in [5.74, 6) is 0.679. The van der Waals surface area contributed by atoms with Gasteiger partial charge in [-0.1, -0.05) is 18.7 Å². The largest absolute Gasteiger partial charge is 0.507 e. The lowest BCUT2D eigenvalue weighted by molar-refractivity contribution is -0.197. The average molecular weight is 522 g/mol. The van der Waals surface area contributed by atoms with Crippen LogP contribution in [0.2, 0.25) is 0 Å². The van der Waals surface area contributed by atoms with Gasteiger partial charge in [0.15, 0.2) is 0 Å². The van der Waals surface area contributed by atoms with E-state index in [2.05, 4.69) is 6.58 Å². The number of phenolic OH excluding ortho intramolecular Hbond substituents is 1. The summed E-state index contributed by atoms with van der Waals surface area (Å²) in [6, 6.07) is 7.62. The number of hydrogen-bond acceptors (Lipinski definition) is 9. The number of phenols is 1. The van der Waals surface area contributed by atoms with E-state index in [1.807, 2.05) is 0 Å². The van der Waals surface area contributed by atoms with Crippen molar-refractivity contribution in [2.45, 2.75) is 37.4 Å². The number of ether oxygens (including phenoxy) is 3. The molecule has 0 aliphatic carbocycles. The van der Waals surface area contributed by atoms with Crippen LogP contribution in [0.15, 0.2) is 46.1 Å². The van der Waals surface area contributed by atoms with Crippen LogP contribution in [0.1, 0.15) is 24.2 Å². The normalized spacial score (nSPS) is 23.8. The molecule has 0 amide bonds. The molecule has 9 heteroatoms. The molecular weight excluding hydrogens is 490 g/mol. The molecule has 1 aromatic heterocycles. The molecule has 5 atom stereocenters. The van der Waals surface area contributed by atoms with Crippen molar-refractivity contribution in [1.82, 2.24) is 4.90 Å². The molecular formula is C29H31NO8. The summed E-state index contributed by atoms with van der Waals surface area (Å²) in [5, 5.41) is 35.1. The third-order valence-corrected chi connectivity index (χ3v) is 7.45. The molecule has 5 rings (SSSR count). The molecule has 1 fully saturated rings. The van der Waals surface area contributed by atoms with Gasteiger partial charge >= 0.3 is 5.63 Å². The Kier molecular flexibility index (Phi) is 6.56. The van der Waals surface area contributed by atoms with Crippen molar-refractivity contribution in [3.8, 4) is 17.2 Å². The first-order valence-corrected chi connectivity index (χ1v) is 12.2. The van der Waals surface area contributed by atoms with E-state index in [0.717, 1.165) is 0 Å². The third-order valence-electron chi connectivity index (χ3n) is 7.45. The van der Waals surface area contributed by atoms with Crippen molar-refractivity contribution in [3.63, 3.8) is 0 Å². The second-order valence-corrected chi connectivity index (χ2v) is 9.82. The van der Waals surface area contributed by atoms with E-state index in [0.29, 0.717) is 49.6 Å². The van der Waals surface area contributed by atoms with Crippen molar-refractivity contribution in [2.75, 3.05) is 28.3 Å². The van der Waals surface area contributed by atoms with Crippen LogP contribution < -0.4 is 15.1 Å². The maximum atomic E-state index is 13.3. The molecule has 0 spiro atoms. The Hall–Kier alpha value is -3.63. The van der Waals surface area contributed by atoms with E-state index in [1.54, 1.807) is 56.3 Å². The fourth-order valence-corrected chi connectivity index (χ4v) is 5.62. The Morgan fingerprint density at radius 2 is 1.66 bits per heavy atom. The highest BCUT2D eigenvalue weighted by atomic mass is 16.5. The molecule has 4 aromatic rings. The molecule has 1 aliphatic heterocycles. The Balaban J connectivity index is 1.94. The van der Waals surface area contributed by atoms with Crippen molar-refractivity contribution < 1.29 is 33.9 Å². The maximum absolute atomic E-state index is 13.3. The van der Waals surface area contributed by atoms with Crippen LogP contribution in [0.5, 0.6) is 17.2 Å². The molecule has 9 nitrogen and oxygen atoms in total. The molecule has 3 aromatic carbocycles. The summed E-state index contributed by atoms with van der Waals surface area (Å²) < 4.78 is 23.4. The number of nitrogens with zero attached hydrogens (tertiary/aromatic N) is 1. The summed E-state index contributed by atoms with van der Waals surface area (Å²) in [7, 11) is 6.54. The number of likely N-dealkylation sites (N-methyl/N-ethyl adjacent to an activating group) is 1. The van der Waals surface area contributed by atoms with Gasteiger partial charge in [0.1, 0.15) is 35.0 Å². The van der Waals surface area contributed by atoms with Gasteiger partial charge in [0.2, 0.25) is 0 Å². The van der Waals surface area contributed by atoms with Crippen molar-refractivity contribution in [2.24, 2.45) is 0 Å². The fraction of sp³-hybridized carbons (Fsp3) is 0.345. The van der Waals surface area contributed by atoms with Gasteiger partial charge in [-0.25, -0.2) is 4.79 Å². The number of aliphatic hydroxyl groups excluding tert-OH is 2. The topological polar surface area (TPSA) is 122 Å². The van der Waals surface area contributed by atoms with Gasteiger partial charge in [-0.15, -0.1) is 0 Å². The number of benzene rings is 3. The van der Waals surface area contributed by atoms with E-state index in [9.17, 15) is 20.1 Å². The average Bonchev–Trinajstić information content (AvgIpc) is 2.90. The number of rotatable bonds is 5. The molecule has 3 N–H and O–H groups in total. The molecule has 38 heavy (non-hydrogen) atoms. The van der Waals surface area contributed by atoms with Crippen LogP contribution in [-0.4, -0.2) is 72.9 Å². The van der Waals surface area contributed by atoms with Gasteiger partial charge in [-0.05, 0) is 56.4 Å². The first-order chi connectivity index (χ1) is 18.1. The first kappa shape index (κ1) is 26.0. The quantitative estimate of drug-likeness (QED) is 0.267. The minimum absolute atomic E-state index is 0.0956. The molecule has 1 aliphatic rings. The minimum Gasteiger partial charge on any atom is -0.507 e. The predicted molar refractivity (Wildman–Crippen MR) is 145 cm³/mol. The second-order valence-electron chi connectivity index (χ2n) is 9.82. The zero-order chi connectivity index (χ0) is 27.5. The SMILES string of the molecule is C=Cc1cc(OC)c2c(c1)c(=O)oc1c2cc(OC)c2c(O)ccc([C@@H]3O[C@H](C)[C@H](O)[C@H](N(C)C)[C@H]3O)c21. The van der Waals surface area contributed by atoms with Crippen LogP contribution in [0.25, 0.3) is 38.6 Å². The van der Waals surface area contributed by atoms with E-state index in [-0.39, 0.29) is 11.3 Å². The zero-order valence-corrected chi connectivity index (χ0v) is 21.9. The molecule has 200 valence electrons. The minimum atomic E-state index is -1.14. The van der Waals surface area contributed by atoms with E-state index in [4.69, 9.17) is 18.6 Å². The number of fused-ring (bicyclic) bond motifs is 5. The van der Waals surface area contributed by atoms with Gasteiger partial charge in [0.05, 0.1) is 43.2 Å². The highest BCUT2D eigenvalue weighted by molar-refractivity contribution is 6.19. The van der Waals surface area contributed by atoms with Crippen molar-refractivity contribution in [3.05, 3.63) is 58.5 Å². The summed E-state index contributed by atoms with van der Waals surface area (Å²) in [5.41, 5.74) is 0.747. The third kappa shape index (κ3) is 3.82. The van der Waals surface area contributed by atoms with E-state index < -0.39 is 36.1 Å². The number of aliphatic hydroxyl groups is 2. The number of hydrogen-bond donors (Lipinski definition) is 3. The van der Waals surface area contributed by atoms with Crippen molar-refractivity contribution in [1.29, 1.82) is 0 Å². The summed E-state index contributed by atoms with van der Waals surface area (Å²) in [6.07, 6.45) is -1.98. The summed E-state index contributed by atoms with van der Waals surface area (Å²) >= 11 is 0. The first-order valence-electron chi connectivity index (χ1n) is 12.2. The monoisotopic (exact) mass is 521 g/mol. The van der Waals surface area contributed by atoms with Gasteiger partial charge in [-0.3, -0.25) is 0 Å². The Labute approximate surface area is 219 Å². The lowest BCUT2D eigenvalue weighted by Crippen LogP contribution is -2.58. The van der Waals surface area contributed by atoms with Crippen molar-refractivity contribution >= 4 is 38.6 Å². The molecule has 1 saturated heterocycles. The zero-order valence-electron chi connectivity index (χ0n) is 21.9. The van der Waals surface area contributed by atoms with E-state index >= 15 is 0 Å². The summed E-state index contributed by atoms with van der Waals surface area (Å²) in [4.78, 5) is 15.1. The number of aromatic hydroxyl groups is 1. The molecule has 0 unspecified atom stereocenters. The second kappa shape index (κ2) is 9.59. The summed E-state index contributed by atoms with van der Waals surface area (Å²) in [6.45, 7) is 5.52. The Morgan fingerprint density at radius 1 is 0.974 bits per heavy atom. The van der Waals surface area contributed by atoms with Crippen LogP contribution in [0.4, 0.5) is 0 Å². The standard InChI is InChI=1S/C29H31NO8/c1-7-14-10-17-21(19(11-14)35-5)16-12-20(36-6)23-18(31)9-8-15(22(23)27(16)38-29(17)34)28-26(33)24(30(3)4)25(32)13(2)37-28/h7-13,24-26,28,31-33H,1H2,2-6H3/t13-,24+,25+,26-,28+/m1/s1. The van der Waals surface area contributed by atoms with Crippen LogP contribution >= 0.6 is 0 Å². The van der Waals surface area contributed by atoms with Crippen LogP contribution in [0.3, 0.4) is 0 Å². The van der Waals surface area contributed by atoms with Gasteiger partial charge < -0.3 is 38.8 Å². The molecule has 0 bridgehead atoms. The highest BCUT2D eigenvalue weighted by Crippen LogP contribution is 2.47. The molecule has 0 radical (unpaired) electrons. The van der Waals surface area contributed by atoms with Gasteiger partial charge in [-0.2, -0.15) is 0 Å².